The van der Waals surface area contributed by atoms with E-state index >= 15 is 0 Å². The molecule has 1 aromatic carbocycles. The Morgan fingerprint density at radius 2 is 2.09 bits per heavy atom. The van der Waals surface area contributed by atoms with Gasteiger partial charge in [0.05, 0.1) is 0 Å². The highest BCUT2D eigenvalue weighted by molar-refractivity contribution is 5.98. The summed E-state index contributed by atoms with van der Waals surface area (Å²) in [4.78, 5) is 15.2. The number of nitrogens with one attached hydrogen (secondary N) is 1. The van der Waals surface area contributed by atoms with Gasteiger partial charge in [-0.2, -0.15) is 0 Å². The van der Waals surface area contributed by atoms with Crippen LogP contribution in [0.25, 0.3) is 11.0 Å². The lowest BCUT2D eigenvalue weighted by Gasteiger charge is -2.46. The molecule has 4 aliphatic rings. The molecule has 4 heterocycles. The van der Waals surface area contributed by atoms with Crippen molar-refractivity contribution in [3.63, 3.8) is 0 Å². The lowest BCUT2D eigenvalue weighted by Crippen LogP contribution is -2.54. The third-order valence-corrected chi connectivity index (χ3v) is 6.14. The van der Waals surface area contributed by atoms with Crippen LogP contribution in [0, 0.1) is 12.8 Å². The highest BCUT2D eigenvalue weighted by atomic mass is 16.3. The zero-order valence-corrected chi connectivity index (χ0v) is 13.5. The van der Waals surface area contributed by atoms with E-state index in [1.807, 2.05) is 31.2 Å². The van der Waals surface area contributed by atoms with E-state index in [0.717, 1.165) is 34.6 Å². The molecule has 6 rings (SSSR count). The topological polar surface area (TPSA) is 45.5 Å². The first kappa shape index (κ1) is 13.6. The fourth-order valence-corrected chi connectivity index (χ4v) is 4.83. The molecule has 120 valence electrons. The number of nitrogens with zero attached hydrogens (tertiary/aromatic N) is 1. The predicted molar refractivity (Wildman–Crippen MR) is 88.5 cm³/mol. The van der Waals surface area contributed by atoms with Gasteiger partial charge in [0.2, 0.25) is 0 Å². The molecule has 1 spiro atoms. The van der Waals surface area contributed by atoms with Crippen molar-refractivity contribution in [2.45, 2.75) is 44.2 Å². The molecule has 2 bridgehead atoms. The standard InChI is InChI=1S/C19H22N2O2/c1-12-8-15-9-14(2-3-16(15)23-12)18(22)20-17-11-19(17)10-13-4-6-21(19)7-5-13/h2-3,8-9,13,17H,4-7,10-11H2,1H3,(H,20,22). The van der Waals surface area contributed by atoms with E-state index < -0.39 is 0 Å². The van der Waals surface area contributed by atoms with Gasteiger partial charge >= 0.3 is 0 Å². The average molecular weight is 310 g/mol. The van der Waals surface area contributed by atoms with Gasteiger partial charge in [-0.3, -0.25) is 9.69 Å². The number of piperidine rings is 3. The molecule has 1 saturated carbocycles. The van der Waals surface area contributed by atoms with Crippen molar-refractivity contribution in [1.29, 1.82) is 0 Å². The number of fused-ring (bicyclic) bond motifs is 3. The number of rotatable bonds is 2. The van der Waals surface area contributed by atoms with E-state index in [-0.39, 0.29) is 11.4 Å². The summed E-state index contributed by atoms with van der Waals surface area (Å²) in [6.07, 6.45) is 5.10. The number of benzene rings is 1. The Balaban J connectivity index is 1.33. The minimum Gasteiger partial charge on any atom is -0.461 e. The first-order chi connectivity index (χ1) is 11.1. The van der Waals surface area contributed by atoms with E-state index in [1.54, 1.807) is 0 Å². The van der Waals surface area contributed by atoms with Crippen LogP contribution < -0.4 is 5.32 Å². The predicted octanol–water partition coefficient (Wildman–Crippen LogP) is 3.10. The van der Waals surface area contributed by atoms with Crippen molar-refractivity contribution in [3.05, 3.63) is 35.6 Å². The molecule has 4 nitrogen and oxygen atoms in total. The number of hydrogen-bond donors (Lipinski definition) is 1. The largest absolute Gasteiger partial charge is 0.461 e. The van der Waals surface area contributed by atoms with Crippen molar-refractivity contribution in [2.24, 2.45) is 5.92 Å². The number of hydrogen-bond acceptors (Lipinski definition) is 3. The molecule has 2 atom stereocenters. The summed E-state index contributed by atoms with van der Waals surface area (Å²) in [5.74, 6) is 1.81. The van der Waals surface area contributed by atoms with Crippen LogP contribution >= 0.6 is 0 Å². The molecule has 2 unspecified atom stereocenters. The highest BCUT2D eigenvalue weighted by Gasteiger charge is 2.62. The van der Waals surface area contributed by atoms with Gasteiger partial charge < -0.3 is 9.73 Å². The first-order valence-corrected chi connectivity index (χ1v) is 8.70. The molecule has 4 fully saturated rings. The molecular formula is C19H22N2O2. The summed E-state index contributed by atoms with van der Waals surface area (Å²) in [5.41, 5.74) is 1.86. The molecule has 23 heavy (non-hydrogen) atoms. The second kappa shape index (κ2) is 4.60. The Labute approximate surface area is 135 Å². The third kappa shape index (κ3) is 2.04. The minimum absolute atomic E-state index is 0.0512. The van der Waals surface area contributed by atoms with E-state index in [2.05, 4.69) is 10.2 Å². The number of aryl methyl sites for hydroxylation is 1. The molecule has 1 N–H and O–H groups in total. The van der Waals surface area contributed by atoms with Crippen molar-refractivity contribution in [1.82, 2.24) is 10.2 Å². The van der Waals surface area contributed by atoms with Crippen molar-refractivity contribution < 1.29 is 9.21 Å². The Hall–Kier alpha value is -1.81. The molecule has 2 aromatic rings. The summed E-state index contributed by atoms with van der Waals surface area (Å²) in [6, 6.07) is 8.01. The maximum absolute atomic E-state index is 12.6. The Kier molecular flexibility index (Phi) is 2.72. The van der Waals surface area contributed by atoms with Gasteiger partial charge in [0.25, 0.3) is 5.91 Å². The van der Waals surface area contributed by atoms with Gasteiger partial charge in [0.1, 0.15) is 11.3 Å². The zero-order valence-electron chi connectivity index (χ0n) is 13.5. The Bertz CT molecular complexity index is 788. The molecule has 1 aliphatic carbocycles. The SMILES string of the molecule is Cc1cc2cc(C(=O)NC3CC34CC3CCN4CC3)ccc2o1. The van der Waals surface area contributed by atoms with Crippen molar-refractivity contribution in [2.75, 3.05) is 13.1 Å². The number of furan rings is 1. The fourth-order valence-electron chi connectivity index (χ4n) is 4.83. The van der Waals surface area contributed by atoms with Gasteiger partial charge in [0.15, 0.2) is 0 Å². The van der Waals surface area contributed by atoms with Crippen molar-refractivity contribution >= 4 is 16.9 Å². The quantitative estimate of drug-likeness (QED) is 0.927. The lowest BCUT2D eigenvalue weighted by molar-refractivity contribution is 0.0277. The monoisotopic (exact) mass is 310 g/mol. The second-order valence-electron chi connectivity index (χ2n) is 7.58. The van der Waals surface area contributed by atoms with Crippen molar-refractivity contribution in [3.8, 4) is 0 Å². The summed E-state index contributed by atoms with van der Waals surface area (Å²) >= 11 is 0. The smallest absolute Gasteiger partial charge is 0.251 e. The normalized spacial score (nSPS) is 34.9. The zero-order chi connectivity index (χ0) is 15.6. The van der Waals surface area contributed by atoms with Crippen LogP contribution in [-0.2, 0) is 0 Å². The van der Waals surface area contributed by atoms with Crippen LogP contribution in [0.1, 0.15) is 41.8 Å². The van der Waals surface area contributed by atoms with Gasteiger partial charge in [-0.25, -0.2) is 0 Å². The summed E-state index contributed by atoms with van der Waals surface area (Å²) in [6.45, 7) is 4.37. The summed E-state index contributed by atoms with van der Waals surface area (Å²) < 4.78 is 5.58. The van der Waals surface area contributed by atoms with E-state index in [0.29, 0.717) is 6.04 Å². The second-order valence-corrected chi connectivity index (χ2v) is 7.58. The lowest BCUT2D eigenvalue weighted by atomic mass is 9.81. The maximum atomic E-state index is 12.6. The molecule has 3 aliphatic heterocycles. The number of carbonyl (C=O) groups excluding carboxylic acids is 1. The van der Waals surface area contributed by atoms with Crippen LogP contribution in [0.4, 0.5) is 0 Å². The molecule has 3 saturated heterocycles. The van der Waals surface area contributed by atoms with Gasteiger partial charge in [-0.15, -0.1) is 0 Å². The molecule has 4 heteroatoms. The minimum atomic E-state index is 0.0512. The summed E-state index contributed by atoms with van der Waals surface area (Å²) in [5, 5.41) is 4.28. The number of amides is 1. The van der Waals surface area contributed by atoms with Gasteiger partial charge in [-0.05, 0) is 75.9 Å². The molecule has 1 aromatic heterocycles. The molecule has 0 radical (unpaired) electrons. The van der Waals surface area contributed by atoms with E-state index in [1.165, 1.54) is 32.4 Å². The fraction of sp³-hybridized carbons (Fsp3) is 0.526. The van der Waals surface area contributed by atoms with E-state index in [9.17, 15) is 4.79 Å². The average Bonchev–Trinajstić information content (AvgIpc) is 3.04. The first-order valence-electron chi connectivity index (χ1n) is 8.70. The third-order valence-electron chi connectivity index (χ3n) is 6.14. The van der Waals surface area contributed by atoms with Crippen LogP contribution in [0.5, 0.6) is 0 Å². The van der Waals surface area contributed by atoms with Crippen LogP contribution in [0.15, 0.2) is 28.7 Å². The summed E-state index contributed by atoms with van der Waals surface area (Å²) in [7, 11) is 0. The Morgan fingerprint density at radius 1 is 1.26 bits per heavy atom. The maximum Gasteiger partial charge on any atom is 0.251 e. The van der Waals surface area contributed by atoms with Crippen LogP contribution in [0.2, 0.25) is 0 Å². The van der Waals surface area contributed by atoms with Gasteiger partial charge in [-0.1, -0.05) is 0 Å². The van der Waals surface area contributed by atoms with E-state index in [4.69, 9.17) is 4.42 Å². The van der Waals surface area contributed by atoms with Crippen LogP contribution in [-0.4, -0.2) is 35.5 Å². The molecular weight excluding hydrogens is 288 g/mol. The Morgan fingerprint density at radius 3 is 2.83 bits per heavy atom. The van der Waals surface area contributed by atoms with Crippen LogP contribution in [0.3, 0.4) is 0 Å². The van der Waals surface area contributed by atoms with Gasteiger partial charge in [0, 0.05) is 22.5 Å². The number of carbonyl (C=O) groups is 1. The highest BCUT2D eigenvalue weighted by Crippen LogP contribution is 2.53. The molecule has 1 amide bonds.